The molecule has 3 rings (SSSR count). The number of ether oxygens (including phenoxy) is 2. The molecule has 2 nitrogen and oxygen atoms in total. The lowest BCUT2D eigenvalue weighted by atomic mass is 10.0. The molecule has 0 amide bonds. The second kappa shape index (κ2) is 6.89. The first kappa shape index (κ1) is 15.0. The van der Waals surface area contributed by atoms with Crippen molar-refractivity contribution in [3.8, 4) is 5.75 Å². The molecule has 0 spiro atoms. The van der Waals surface area contributed by atoms with E-state index in [0.717, 1.165) is 35.6 Å². The number of benzene rings is 2. The molecule has 2 aromatic carbocycles. The van der Waals surface area contributed by atoms with E-state index in [4.69, 9.17) is 21.1 Å². The van der Waals surface area contributed by atoms with Crippen LogP contribution in [-0.2, 0) is 11.2 Å². The Morgan fingerprint density at radius 2 is 2.00 bits per heavy atom. The number of rotatable bonds is 4. The predicted octanol–water partition coefficient (Wildman–Crippen LogP) is 5.29. The highest BCUT2D eigenvalue weighted by Gasteiger charge is 2.17. The van der Waals surface area contributed by atoms with Gasteiger partial charge in [0.1, 0.15) is 5.75 Å². The van der Waals surface area contributed by atoms with E-state index in [1.165, 1.54) is 11.1 Å². The van der Waals surface area contributed by atoms with Crippen LogP contribution in [0.4, 0.5) is 0 Å². The number of halogens is 1. The van der Waals surface area contributed by atoms with Gasteiger partial charge in [0, 0.05) is 11.4 Å². The van der Waals surface area contributed by atoms with Gasteiger partial charge in [-0.05, 0) is 54.7 Å². The molecular weight excluding hydrogens is 296 g/mol. The molecule has 0 aliphatic carbocycles. The normalized spacial score (nSPS) is 17.5. The third-order valence-corrected chi connectivity index (χ3v) is 4.18. The summed E-state index contributed by atoms with van der Waals surface area (Å²) in [6, 6.07) is 16.1. The van der Waals surface area contributed by atoms with Crippen LogP contribution in [0.1, 0.15) is 24.0 Å². The van der Waals surface area contributed by atoms with Crippen molar-refractivity contribution in [2.75, 3.05) is 0 Å². The Morgan fingerprint density at radius 3 is 2.68 bits per heavy atom. The van der Waals surface area contributed by atoms with Crippen molar-refractivity contribution < 1.29 is 9.47 Å². The molecule has 0 aromatic heterocycles. The zero-order valence-corrected chi connectivity index (χ0v) is 13.3. The first-order valence-corrected chi connectivity index (χ1v) is 7.88. The van der Waals surface area contributed by atoms with E-state index >= 15 is 0 Å². The molecule has 114 valence electrons. The minimum absolute atomic E-state index is 0.222. The smallest absolute Gasteiger partial charge is 0.240 e. The fourth-order valence-corrected chi connectivity index (χ4v) is 2.64. The average molecular weight is 315 g/mol. The van der Waals surface area contributed by atoms with Crippen molar-refractivity contribution in [3.05, 3.63) is 76.5 Å². The molecular formula is C19H19ClO2. The summed E-state index contributed by atoms with van der Waals surface area (Å²) in [5.74, 6) is 0.798. The monoisotopic (exact) mass is 314 g/mol. The number of hydrogen-bond acceptors (Lipinski definition) is 2. The van der Waals surface area contributed by atoms with Crippen molar-refractivity contribution in [2.45, 2.75) is 32.5 Å². The van der Waals surface area contributed by atoms with E-state index in [1.807, 2.05) is 37.5 Å². The Morgan fingerprint density at radius 1 is 1.18 bits per heavy atom. The van der Waals surface area contributed by atoms with Crippen LogP contribution in [0.5, 0.6) is 5.75 Å². The minimum Gasteiger partial charge on any atom is -0.463 e. The molecule has 22 heavy (non-hydrogen) atoms. The zero-order chi connectivity index (χ0) is 15.4. The summed E-state index contributed by atoms with van der Waals surface area (Å²) < 4.78 is 11.6. The summed E-state index contributed by atoms with van der Waals surface area (Å²) in [5.41, 5.74) is 3.62. The fraction of sp³-hybridized carbons (Fsp3) is 0.263. The number of aryl methyl sites for hydroxylation is 1. The largest absolute Gasteiger partial charge is 0.463 e. The van der Waals surface area contributed by atoms with Crippen LogP contribution in [0.15, 0.2) is 60.4 Å². The Hall–Kier alpha value is -1.93. The highest BCUT2D eigenvalue weighted by atomic mass is 35.5. The van der Waals surface area contributed by atoms with E-state index in [2.05, 4.69) is 24.3 Å². The Balaban J connectivity index is 1.57. The summed E-state index contributed by atoms with van der Waals surface area (Å²) in [4.78, 5) is 0. The van der Waals surface area contributed by atoms with Crippen LogP contribution in [0.25, 0.3) is 0 Å². The molecule has 0 fully saturated rings. The highest BCUT2D eigenvalue weighted by Crippen LogP contribution is 2.26. The molecule has 1 heterocycles. The van der Waals surface area contributed by atoms with Crippen LogP contribution in [0, 0.1) is 6.92 Å². The van der Waals surface area contributed by atoms with E-state index in [1.54, 1.807) is 0 Å². The van der Waals surface area contributed by atoms with Crippen LogP contribution >= 0.6 is 11.6 Å². The summed E-state index contributed by atoms with van der Waals surface area (Å²) in [6.07, 6.45) is 4.42. The minimum atomic E-state index is -0.222. The van der Waals surface area contributed by atoms with Gasteiger partial charge in [-0.3, -0.25) is 0 Å². The lowest BCUT2D eigenvalue weighted by Gasteiger charge is -2.24. The molecule has 1 unspecified atom stereocenters. The van der Waals surface area contributed by atoms with E-state index in [0.29, 0.717) is 0 Å². The first-order valence-electron chi connectivity index (χ1n) is 7.51. The second-order valence-corrected chi connectivity index (χ2v) is 5.98. The number of hydrogen-bond donors (Lipinski definition) is 0. The Labute approximate surface area is 136 Å². The standard InChI is InChI=1S/C19H19ClO2/c1-14-11-17(8-9-18(14)20)22-19-10-7-16(13-21-19)12-15-5-3-2-4-6-15/h2-6,8-9,11,13,19H,7,10,12H2,1H3. The van der Waals surface area contributed by atoms with Crippen LogP contribution in [0.2, 0.25) is 5.02 Å². The van der Waals surface area contributed by atoms with Gasteiger partial charge in [0.25, 0.3) is 0 Å². The SMILES string of the molecule is Cc1cc(OC2CCC(Cc3ccccc3)=CO2)ccc1Cl. The van der Waals surface area contributed by atoms with Crippen molar-refractivity contribution in [1.82, 2.24) is 0 Å². The molecule has 1 aliphatic heterocycles. The second-order valence-electron chi connectivity index (χ2n) is 5.57. The van der Waals surface area contributed by atoms with Gasteiger partial charge in [0.2, 0.25) is 6.29 Å². The van der Waals surface area contributed by atoms with E-state index < -0.39 is 0 Å². The molecule has 1 atom stereocenters. The summed E-state index contributed by atoms with van der Waals surface area (Å²) >= 11 is 6.02. The third kappa shape index (κ3) is 3.83. The lowest BCUT2D eigenvalue weighted by Crippen LogP contribution is -2.22. The fourth-order valence-electron chi connectivity index (χ4n) is 2.52. The molecule has 1 aliphatic rings. The molecule has 0 radical (unpaired) electrons. The quantitative estimate of drug-likeness (QED) is 0.763. The van der Waals surface area contributed by atoms with Crippen molar-refractivity contribution >= 4 is 11.6 Å². The van der Waals surface area contributed by atoms with Gasteiger partial charge in [-0.25, -0.2) is 0 Å². The summed E-state index contributed by atoms with van der Waals surface area (Å²) in [7, 11) is 0. The Bertz CT molecular complexity index is 664. The predicted molar refractivity (Wildman–Crippen MR) is 89.2 cm³/mol. The Kier molecular flexibility index (Phi) is 4.69. The van der Waals surface area contributed by atoms with Crippen LogP contribution in [-0.4, -0.2) is 6.29 Å². The molecule has 0 saturated carbocycles. The third-order valence-electron chi connectivity index (χ3n) is 3.76. The molecule has 2 aromatic rings. The maximum Gasteiger partial charge on any atom is 0.240 e. The van der Waals surface area contributed by atoms with E-state index in [9.17, 15) is 0 Å². The van der Waals surface area contributed by atoms with Crippen LogP contribution < -0.4 is 4.74 Å². The summed E-state index contributed by atoms with van der Waals surface area (Å²) in [5, 5.41) is 0.752. The summed E-state index contributed by atoms with van der Waals surface area (Å²) in [6.45, 7) is 1.97. The van der Waals surface area contributed by atoms with E-state index in [-0.39, 0.29) is 6.29 Å². The average Bonchev–Trinajstić information content (AvgIpc) is 2.54. The van der Waals surface area contributed by atoms with Crippen molar-refractivity contribution in [1.29, 1.82) is 0 Å². The van der Waals surface area contributed by atoms with Gasteiger partial charge >= 0.3 is 0 Å². The molecule has 3 heteroatoms. The first-order chi connectivity index (χ1) is 10.7. The van der Waals surface area contributed by atoms with Gasteiger partial charge in [0.05, 0.1) is 6.26 Å². The molecule has 0 N–H and O–H groups in total. The highest BCUT2D eigenvalue weighted by molar-refractivity contribution is 6.31. The van der Waals surface area contributed by atoms with Gasteiger partial charge in [-0.2, -0.15) is 0 Å². The van der Waals surface area contributed by atoms with Crippen LogP contribution in [0.3, 0.4) is 0 Å². The van der Waals surface area contributed by atoms with Gasteiger partial charge in [-0.15, -0.1) is 0 Å². The van der Waals surface area contributed by atoms with Crippen molar-refractivity contribution in [3.63, 3.8) is 0 Å². The maximum absolute atomic E-state index is 6.02. The molecule has 0 saturated heterocycles. The van der Waals surface area contributed by atoms with Gasteiger partial charge in [0.15, 0.2) is 0 Å². The van der Waals surface area contributed by atoms with Crippen molar-refractivity contribution in [2.24, 2.45) is 0 Å². The number of allylic oxidation sites excluding steroid dienone is 1. The van der Waals surface area contributed by atoms with Gasteiger partial charge in [-0.1, -0.05) is 41.9 Å². The maximum atomic E-state index is 6.02. The lowest BCUT2D eigenvalue weighted by molar-refractivity contribution is -0.0441. The zero-order valence-electron chi connectivity index (χ0n) is 12.6. The topological polar surface area (TPSA) is 18.5 Å². The van der Waals surface area contributed by atoms with Gasteiger partial charge < -0.3 is 9.47 Å². The molecule has 0 bridgehead atoms.